The van der Waals surface area contributed by atoms with Gasteiger partial charge < -0.3 is 25.3 Å². The average Bonchev–Trinajstić information content (AvgIpc) is 3.30. The topological polar surface area (TPSA) is 115 Å². The molecule has 3 N–H and O–H groups in total. The lowest BCUT2D eigenvalue weighted by atomic mass is 10.1. The van der Waals surface area contributed by atoms with E-state index in [2.05, 4.69) is 31.2 Å². The SMILES string of the molecule is C[C@H]1C[C@@H](n2c(Br)c(C(=O)NCCc3ccccc3)c3c(N)ncnc32)CN1C(=O)OC(C)(C)C. The van der Waals surface area contributed by atoms with E-state index in [1.54, 1.807) is 4.90 Å². The fourth-order valence-corrected chi connectivity index (χ4v) is 5.32. The number of hydrogen-bond acceptors (Lipinski definition) is 6. The molecule has 0 radical (unpaired) electrons. The van der Waals surface area contributed by atoms with Crippen LogP contribution in [0.4, 0.5) is 10.6 Å². The van der Waals surface area contributed by atoms with Gasteiger partial charge >= 0.3 is 6.09 Å². The summed E-state index contributed by atoms with van der Waals surface area (Å²) in [5.74, 6) is -0.0224. The predicted octanol–water partition coefficient (Wildman–Crippen LogP) is 4.32. The number of ether oxygens (including phenoxy) is 1. The molecule has 1 fully saturated rings. The van der Waals surface area contributed by atoms with Gasteiger partial charge in [0.25, 0.3) is 5.91 Å². The third kappa shape index (κ3) is 5.27. The van der Waals surface area contributed by atoms with Crippen LogP contribution in [-0.4, -0.2) is 56.2 Å². The van der Waals surface area contributed by atoms with Crippen molar-refractivity contribution in [2.24, 2.45) is 0 Å². The maximum atomic E-state index is 13.3. The largest absolute Gasteiger partial charge is 0.444 e. The van der Waals surface area contributed by atoms with Crippen molar-refractivity contribution in [1.29, 1.82) is 0 Å². The number of nitrogen functional groups attached to an aromatic ring is 1. The van der Waals surface area contributed by atoms with Crippen LogP contribution >= 0.6 is 15.9 Å². The lowest BCUT2D eigenvalue weighted by molar-refractivity contribution is 0.0234. The molecule has 35 heavy (non-hydrogen) atoms. The number of benzene rings is 1. The highest BCUT2D eigenvalue weighted by molar-refractivity contribution is 9.10. The van der Waals surface area contributed by atoms with Gasteiger partial charge in [0.05, 0.1) is 17.0 Å². The number of nitrogens with one attached hydrogen (secondary N) is 1. The van der Waals surface area contributed by atoms with Crippen molar-refractivity contribution >= 4 is 44.8 Å². The molecule has 2 atom stereocenters. The smallest absolute Gasteiger partial charge is 0.410 e. The summed E-state index contributed by atoms with van der Waals surface area (Å²) < 4.78 is 8.11. The fraction of sp³-hybridized carbons (Fsp3) is 0.440. The average molecular weight is 543 g/mol. The number of carbonyl (C=O) groups excluding carboxylic acids is 2. The molecule has 0 saturated carbocycles. The molecule has 2 amide bonds. The normalized spacial score (nSPS) is 18.1. The number of halogens is 1. The van der Waals surface area contributed by atoms with Crippen molar-refractivity contribution in [3.63, 3.8) is 0 Å². The Kier molecular flexibility index (Phi) is 7.02. The second-order valence-corrected chi connectivity index (χ2v) is 10.6. The van der Waals surface area contributed by atoms with Crippen molar-refractivity contribution < 1.29 is 14.3 Å². The van der Waals surface area contributed by atoms with Crippen molar-refractivity contribution in [2.45, 2.75) is 58.2 Å². The number of amides is 2. The molecule has 186 valence electrons. The van der Waals surface area contributed by atoms with E-state index in [1.165, 1.54) is 6.33 Å². The van der Waals surface area contributed by atoms with Gasteiger partial charge in [0, 0.05) is 19.1 Å². The molecule has 1 aromatic carbocycles. The number of nitrogens with two attached hydrogens (primary N) is 1. The molecule has 3 heterocycles. The summed E-state index contributed by atoms with van der Waals surface area (Å²) in [6, 6.07) is 9.81. The van der Waals surface area contributed by atoms with Crippen LogP contribution in [0.2, 0.25) is 0 Å². The molecule has 1 saturated heterocycles. The maximum absolute atomic E-state index is 13.3. The quantitative estimate of drug-likeness (QED) is 0.496. The summed E-state index contributed by atoms with van der Waals surface area (Å²) in [6.07, 6.45) is 2.43. The summed E-state index contributed by atoms with van der Waals surface area (Å²) in [6.45, 7) is 8.44. The van der Waals surface area contributed by atoms with Gasteiger partial charge in [-0.3, -0.25) is 4.79 Å². The molecule has 1 aliphatic heterocycles. The van der Waals surface area contributed by atoms with Gasteiger partial charge in [-0.05, 0) is 62.0 Å². The number of anilines is 1. The summed E-state index contributed by atoms with van der Waals surface area (Å²) >= 11 is 3.65. The Hall–Kier alpha value is -3.14. The molecule has 0 aliphatic carbocycles. The monoisotopic (exact) mass is 542 g/mol. The zero-order valence-electron chi connectivity index (χ0n) is 20.4. The van der Waals surface area contributed by atoms with Crippen molar-refractivity contribution in [1.82, 2.24) is 24.8 Å². The number of nitrogens with zero attached hydrogens (tertiary/aromatic N) is 4. The van der Waals surface area contributed by atoms with E-state index in [0.717, 1.165) is 5.56 Å². The fourth-order valence-electron chi connectivity index (χ4n) is 4.49. The first-order valence-corrected chi connectivity index (χ1v) is 12.5. The summed E-state index contributed by atoms with van der Waals surface area (Å²) in [5.41, 5.74) is 7.73. The summed E-state index contributed by atoms with van der Waals surface area (Å²) in [7, 11) is 0. The van der Waals surface area contributed by atoms with Crippen LogP contribution in [0, 0.1) is 0 Å². The minimum Gasteiger partial charge on any atom is -0.444 e. The van der Waals surface area contributed by atoms with Gasteiger partial charge in [-0.15, -0.1) is 0 Å². The lowest BCUT2D eigenvalue weighted by Crippen LogP contribution is -2.38. The van der Waals surface area contributed by atoms with Crippen molar-refractivity contribution in [3.8, 4) is 0 Å². The Morgan fingerprint density at radius 1 is 1.23 bits per heavy atom. The number of hydrogen-bond donors (Lipinski definition) is 2. The highest BCUT2D eigenvalue weighted by Crippen LogP contribution is 2.39. The first-order chi connectivity index (χ1) is 16.6. The van der Waals surface area contributed by atoms with Gasteiger partial charge in [0.2, 0.25) is 0 Å². The second-order valence-electron chi connectivity index (χ2n) is 9.86. The van der Waals surface area contributed by atoms with Crippen LogP contribution < -0.4 is 11.1 Å². The zero-order chi connectivity index (χ0) is 25.3. The van der Waals surface area contributed by atoms with Crippen LogP contribution in [0.25, 0.3) is 11.0 Å². The molecule has 10 heteroatoms. The molecule has 4 rings (SSSR count). The van der Waals surface area contributed by atoms with Crippen LogP contribution in [0.5, 0.6) is 0 Å². The Balaban J connectivity index is 1.61. The van der Waals surface area contributed by atoms with Gasteiger partial charge in [-0.25, -0.2) is 14.8 Å². The molecular weight excluding hydrogens is 512 g/mol. The minimum atomic E-state index is -0.581. The Labute approximate surface area is 213 Å². The summed E-state index contributed by atoms with van der Waals surface area (Å²) in [4.78, 5) is 36.4. The van der Waals surface area contributed by atoms with Crippen LogP contribution in [0.3, 0.4) is 0 Å². The van der Waals surface area contributed by atoms with Gasteiger partial charge in [0.1, 0.15) is 28.0 Å². The van der Waals surface area contributed by atoms with E-state index in [9.17, 15) is 9.59 Å². The number of rotatable bonds is 5. The third-order valence-electron chi connectivity index (χ3n) is 6.07. The number of fused-ring (bicyclic) bond motifs is 1. The highest BCUT2D eigenvalue weighted by Gasteiger charge is 2.38. The van der Waals surface area contributed by atoms with Gasteiger partial charge in [0.15, 0.2) is 0 Å². The van der Waals surface area contributed by atoms with Crippen LogP contribution in [-0.2, 0) is 11.2 Å². The predicted molar refractivity (Wildman–Crippen MR) is 138 cm³/mol. The lowest BCUT2D eigenvalue weighted by Gasteiger charge is -2.27. The maximum Gasteiger partial charge on any atom is 0.410 e. The number of carbonyl (C=O) groups is 2. The molecule has 2 aromatic heterocycles. The standard InChI is InChI=1S/C25H31BrN6O3/c1-15-12-17(13-31(15)24(34)35-25(2,3)4)32-20(26)18(19-21(27)29-14-30-22(19)32)23(33)28-11-10-16-8-6-5-7-9-16/h5-9,14-15,17H,10-13H2,1-4H3,(H,28,33)(H2,27,29,30)/t15-,17+/m0/s1. The third-order valence-corrected chi connectivity index (χ3v) is 6.85. The Morgan fingerprint density at radius 2 is 1.94 bits per heavy atom. The second kappa shape index (κ2) is 9.85. The Bertz CT molecular complexity index is 1240. The van der Waals surface area contributed by atoms with E-state index < -0.39 is 5.60 Å². The van der Waals surface area contributed by atoms with E-state index in [0.29, 0.717) is 47.1 Å². The molecule has 9 nitrogen and oxygen atoms in total. The van der Waals surface area contributed by atoms with Crippen LogP contribution in [0.1, 0.15) is 56.1 Å². The molecule has 0 spiro atoms. The van der Waals surface area contributed by atoms with Crippen molar-refractivity contribution in [2.75, 3.05) is 18.8 Å². The first-order valence-electron chi connectivity index (χ1n) is 11.7. The van der Waals surface area contributed by atoms with E-state index in [-0.39, 0.29) is 29.9 Å². The van der Waals surface area contributed by atoms with E-state index >= 15 is 0 Å². The molecule has 3 aromatic rings. The van der Waals surface area contributed by atoms with Gasteiger partial charge in [-0.1, -0.05) is 30.3 Å². The number of likely N-dealkylation sites (tertiary alicyclic amines) is 1. The van der Waals surface area contributed by atoms with E-state index in [1.807, 2.05) is 62.6 Å². The highest BCUT2D eigenvalue weighted by atomic mass is 79.9. The summed E-state index contributed by atoms with van der Waals surface area (Å²) in [5, 5.41) is 3.50. The zero-order valence-corrected chi connectivity index (χ0v) is 22.0. The van der Waals surface area contributed by atoms with Crippen LogP contribution in [0.15, 0.2) is 41.3 Å². The van der Waals surface area contributed by atoms with Gasteiger partial charge in [-0.2, -0.15) is 0 Å². The van der Waals surface area contributed by atoms with E-state index in [4.69, 9.17) is 10.5 Å². The molecule has 0 unspecified atom stereocenters. The van der Waals surface area contributed by atoms with Crippen molar-refractivity contribution in [3.05, 3.63) is 52.4 Å². The number of aromatic nitrogens is 3. The molecule has 0 bridgehead atoms. The first kappa shape index (κ1) is 25.0. The Morgan fingerprint density at radius 3 is 2.63 bits per heavy atom. The minimum absolute atomic E-state index is 0.0402. The molecular formula is C25H31BrN6O3. The molecule has 1 aliphatic rings.